The molecule has 0 saturated carbocycles. The molecule has 19 heavy (non-hydrogen) atoms. The monoisotopic (exact) mass is 266 g/mol. The van der Waals surface area contributed by atoms with Crippen LogP contribution in [-0.4, -0.2) is 37.0 Å². The van der Waals surface area contributed by atoms with Crippen molar-refractivity contribution in [1.29, 1.82) is 0 Å². The minimum atomic E-state index is -0.747. The van der Waals surface area contributed by atoms with Crippen molar-refractivity contribution in [2.75, 3.05) is 7.11 Å². The molecule has 6 heteroatoms. The van der Waals surface area contributed by atoms with Crippen molar-refractivity contribution in [3.8, 4) is 0 Å². The lowest BCUT2D eigenvalue weighted by Gasteiger charge is -2.18. The highest BCUT2D eigenvalue weighted by Crippen LogP contribution is 2.08. The van der Waals surface area contributed by atoms with Crippen LogP contribution < -0.4 is 10.6 Å². The number of carbonyl (C=O) groups excluding carboxylic acids is 3. The van der Waals surface area contributed by atoms with Gasteiger partial charge in [-0.15, -0.1) is 0 Å². The summed E-state index contributed by atoms with van der Waals surface area (Å²) in [6.45, 7) is 3.07. The first-order valence-electron chi connectivity index (χ1n) is 5.99. The van der Waals surface area contributed by atoms with Crippen LogP contribution in [0.4, 0.5) is 0 Å². The van der Waals surface area contributed by atoms with E-state index in [2.05, 4.69) is 15.4 Å². The second-order valence-corrected chi connectivity index (χ2v) is 4.28. The van der Waals surface area contributed by atoms with Gasteiger partial charge in [-0.3, -0.25) is 9.59 Å². The van der Waals surface area contributed by atoms with Crippen molar-refractivity contribution < 1.29 is 19.1 Å². The Morgan fingerprint density at radius 2 is 1.63 bits per heavy atom. The van der Waals surface area contributed by atoms with E-state index >= 15 is 0 Å². The largest absolute Gasteiger partial charge is 0.467 e. The summed E-state index contributed by atoms with van der Waals surface area (Å²) in [5, 5.41) is 5.04. The standard InChI is InChI=1S/C13H18N2O4/c1-8(11(16)15-9(2)13(18)19-3)14-12(17)10-6-4-5-7-10/h4-10H,1-3H3,(H,14,17)(H,15,16)/t8-,9-/m0/s1. The Kier molecular flexibility index (Phi) is 5.29. The molecule has 2 atom stereocenters. The lowest BCUT2D eigenvalue weighted by Crippen LogP contribution is -2.50. The molecule has 0 fully saturated rings. The normalized spacial score (nSPS) is 16.8. The Bertz CT molecular complexity index is 416. The van der Waals surface area contributed by atoms with Crippen LogP contribution in [-0.2, 0) is 19.1 Å². The van der Waals surface area contributed by atoms with Crippen molar-refractivity contribution >= 4 is 17.8 Å². The van der Waals surface area contributed by atoms with Gasteiger partial charge in [0, 0.05) is 0 Å². The minimum Gasteiger partial charge on any atom is -0.467 e. The topological polar surface area (TPSA) is 84.5 Å². The third-order valence-electron chi connectivity index (χ3n) is 2.72. The van der Waals surface area contributed by atoms with Gasteiger partial charge in [0.15, 0.2) is 0 Å². The average molecular weight is 266 g/mol. The van der Waals surface area contributed by atoms with Gasteiger partial charge >= 0.3 is 5.97 Å². The highest BCUT2D eigenvalue weighted by Gasteiger charge is 2.23. The molecule has 0 aromatic rings. The van der Waals surface area contributed by atoms with E-state index in [4.69, 9.17) is 0 Å². The fourth-order valence-corrected chi connectivity index (χ4v) is 1.56. The van der Waals surface area contributed by atoms with E-state index in [1.165, 1.54) is 14.0 Å². The van der Waals surface area contributed by atoms with E-state index < -0.39 is 24.0 Å². The Morgan fingerprint density at radius 3 is 2.16 bits per heavy atom. The van der Waals surface area contributed by atoms with E-state index in [0.717, 1.165) is 0 Å². The van der Waals surface area contributed by atoms with Gasteiger partial charge in [0.25, 0.3) is 0 Å². The number of methoxy groups -OCH3 is 1. The van der Waals surface area contributed by atoms with Crippen LogP contribution in [0.3, 0.4) is 0 Å². The molecule has 1 rings (SSSR count). The predicted molar refractivity (Wildman–Crippen MR) is 69.0 cm³/mol. The fourth-order valence-electron chi connectivity index (χ4n) is 1.56. The first-order valence-corrected chi connectivity index (χ1v) is 5.99. The first-order chi connectivity index (χ1) is 8.95. The number of nitrogens with one attached hydrogen (secondary N) is 2. The van der Waals surface area contributed by atoms with E-state index in [1.807, 2.05) is 0 Å². The molecule has 0 unspecified atom stereocenters. The Morgan fingerprint density at radius 1 is 1.05 bits per heavy atom. The zero-order valence-electron chi connectivity index (χ0n) is 11.2. The first kappa shape index (κ1) is 14.9. The van der Waals surface area contributed by atoms with Gasteiger partial charge in [-0.25, -0.2) is 4.79 Å². The van der Waals surface area contributed by atoms with Crippen molar-refractivity contribution in [2.45, 2.75) is 25.9 Å². The van der Waals surface area contributed by atoms with Crippen molar-refractivity contribution in [3.05, 3.63) is 24.3 Å². The maximum atomic E-state index is 11.8. The molecule has 0 bridgehead atoms. The zero-order valence-corrected chi connectivity index (χ0v) is 11.2. The smallest absolute Gasteiger partial charge is 0.328 e. The van der Waals surface area contributed by atoms with Crippen LogP contribution in [0.2, 0.25) is 0 Å². The summed E-state index contributed by atoms with van der Waals surface area (Å²) in [7, 11) is 1.24. The third kappa shape index (κ3) is 4.24. The third-order valence-corrected chi connectivity index (χ3v) is 2.72. The Hall–Kier alpha value is -2.11. The summed E-state index contributed by atoms with van der Waals surface area (Å²) in [5.41, 5.74) is 0. The molecule has 0 aromatic heterocycles. The van der Waals surface area contributed by atoms with Crippen LogP contribution in [0.25, 0.3) is 0 Å². The molecular weight excluding hydrogens is 248 g/mol. The summed E-state index contributed by atoms with van der Waals surface area (Å²) in [4.78, 5) is 34.7. The number of allylic oxidation sites excluding steroid dienone is 2. The molecule has 104 valence electrons. The molecule has 1 aliphatic rings. The zero-order chi connectivity index (χ0) is 14.4. The Labute approximate surface area is 111 Å². The number of carbonyl (C=O) groups is 3. The molecule has 0 heterocycles. The van der Waals surface area contributed by atoms with E-state index in [1.54, 1.807) is 31.2 Å². The number of hydrogen-bond donors (Lipinski definition) is 2. The molecule has 0 radical (unpaired) electrons. The summed E-state index contributed by atoms with van der Waals surface area (Å²) in [6.07, 6.45) is 7.01. The maximum absolute atomic E-state index is 11.8. The van der Waals surface area contributed by atoms with Gasteiger partial charge in [0.05, 0.1) is 13.0 Å². The highest BCUT2D eigenvalue weighted by molar-refractivity contribution is 5.91. The van der Waals surface area contributed by atoms with Gasteiger partial charge in [-0.2, -0.15) is 0 Å². The number of esters is 1. The van der Waals surface area contributed by atoms with Crippen molar-refractivity contribution in [1.82, 2.24) is 10.6 Å². The molecule has 6 nitrogen and oxygen atoms in total. The van der Waals surface area contributed by atoms with Crippen LogP contribution in [0.1, 0.15) is 13.8 Å². The van der Waals surface area contributed by atoms with Crippen LogP contribution >= 0.6 is 0 Å². The summed E-state index contributed by atoms with van der Waals surface area (Å²) < 4.78 is 4.50. The lowest BCUT2D eigenvalue weighted by atomic mass is 10.1. The molecule has 0 saturated heterocycles. The Balaban J connectivity index is 2.44. The molecule has 0 spiro atoms. The van der Waals surface area contributed by atoms with Gasteiger partial charge in [0.1, 0.15) is 12.1 Å². The predicted octanol–water partition coefficient (Wildman–Crippen LogP) is -0.0890. The van der Waals surface area contributed by atoms with Crippen LogP contribution in [0, 0.1) is 5.92 Å². The van der Waals surface area contributed by atoms with Crippen molar-refractivity contribution in [2.24, 2.45) is 5.92 Å². The molecular formula is C13H18N2O4. The lowest BCUT2D eigenvalue weighted by molar-refractivity contribution is -0.144. The van der Waals surface area contributed by atoms with E-state index in [9.17, 15) is 14.4 Å². The summed E-state index contributed by atoms with van der Waals surface area (Å²) in [5.74, 6) is -1.56. The summed E-state index contributed by atoms with van der Waals surface area (Å²) in [6, 6.07) is -1.47. The van der Waals surface area contributed by atoms with Gasteiger partial charge in [-0.1, -0.05) is 24.3 Å². The van der Waals surface area contributed by atoms with E-state index in [-0.39, 0.29) is 11.8 Å². The van der Waals surface area contributed by atoms with Gasteiger partial charge in [-0.05, 0) is 13.8 Å². The van der Waals surface area contributed by atoms with Gasteiger partial charge < -0.3 is 15.4 Å². The average Bonchev–Trinajstić information content (AvgIpc) is 2.91. The number of hydrogen-bond acceptors (Lipinski definition) is 4. The molecule has 1 aliphatic carbocycles. The number of rotatable bonds is 5. The van der Waals surface area contributed by atoms with E-state index in [0.29, 0.717) is 0 Å². The molecule has 0 aromatic carbocycles. The molecule has 0 aliphatic heterocycles. The van der Waals surface area contributed by atoms with Gasteiger partial charge in [0.2, 0.25) is 11.8 Å². The SMILES string of the molecule is COC(=O)[C@H](C)NC(=O)[C@H](C)NC(=O)C1C=CC=C1. The number of ether oxygens (including phenoxy) is 1. The fraction of sp³-hybridized carbons (Fsp3) is 0.462. The second-order valence-electron chi connectivity index (χ2n) is 4.28. The van der Waals surface area contributed by atoms with Crippen LogP contribution in [0.5, 0.6) is 0 Å². The second kappa shape index (κ2) is 6.72. The molecule has 2 amide bonds. The molecule has 2 N–H and O–H groups in total. The summed E-state index contributed by atoms with van der Waals surface area (Å²) >= 11 is 0. The van der Waals surface area contributed by atoms with Crippen LogP contribution in [0.15, 0.2) is 24.3 Å². The highest BCUT2D eigenvalue weighted by atomic mass is 16.5. The number of amides is 2. The minimum absolute atomic E-state index is 0.252. The maximum Gasteiger partial charge on any atom is 0.328 e. The quantitative estimate of drug-likeness (QED) is 0.681. The van der Waals surface area contributed by atoms with Crippen molar-refractivity contribution in [3.63, 3.8) is 0 Å².